The van der Waals surface area contributed by atoms with Crippen molar-refractivity contribution < 1.29 is 28.7 Å². The van der Waals surface area contributed by atoms with Gasteiger partial charge >= 0.3 is 7.82 Å². The van der Waals surface area contributed by atoms with Crippen LogP contribution in [0.3, 0.4) is 0 Å². The molecule has 2 atom stereocenters. The summed E-state index contributed by atoms with van der Waals surface area (Å²) >= 11 is 0. The van der Waals surface area contributed by atoms with Gasteiger partial charge in [-0.05, 0) is 6.92 Å². The molecule has 3 N–H and O–H groups in total. The van der Waals surface area contributed by atoms with Crippen molar-refractivity contribution in [3.05, 3.63) is 0 Å². The van der Waals surface area contributed by atoms with E-state index in [0.29, 0.717) is 0 Å². The average molecular weight is 172 g/mol. The van der Waals surface area contributed by atoms with E-state index in [1.165, 1.54) is 0 Å². The second-order valence-electron chi connectivity index (χ2n) is 1.43. The lowest BCUT2D eigenvalue weighted by Crippen LogP contribution is -2.06. The number of hydrogen-bond donors (Lipinski definition) is 3. The van der Waals surface area contributed by atoms with E-state index in [1.54, 1.807) is 0 Å². The predicted octanol–water partition coefficient (Wildman–Crippen LogP) is -0.592. The molecule has 62 valence electrons. The maximum absolute atomic E-state index is 10.4. The van der Waals surface area contributed by atoms with Crippen LogP contribution in [0.15, 0.2) is 0 Å². The molecule has 0 saturated carbocycles. The van der Waals surface area contributed by atoms with Crippen molar-refractivity contribution in [1.82, 2.24) is 0 Å². The van der Waals surface area contributed by atoms with Gasteiger partial charge in [0.05, 0.1) is 0 Å². The van der Waals surface area contributed by atoms with Crippen molar-refractivity contribution in [3.8, 4) is 0 Å². The molecule has 0 aliphatic heterocycles. The van der Waals surface area contributed by atoms with Crippen molar-refractivity contribution in [1.29, 1.82) is 0 Å². The molecule has 0 fully saturated rings. The van der Waals surface area contributed by atoms with Gasteiger partial charge in [0.25, 0.3) is 0 Å². The molecule has 0 aliphatic rings. The highest BCUT2D eigenvalue weighted by atomic mass is 31.2. The van der Waals surface area contributed by atoms with Crippen LogP contribution in [0.2, 0.25) is 0 Å². The van der Waals surface area contributed by atoms with Crippen LogP contribution in [0.1, 0.15) is 6.92 Å². The third-order valence-corrected chi connectivity index (χ3v) is 1.52. The summed E-state index contributed by atoms with van der Waals surface area (Å²) < 4.78 is 18.2. The maximum atomic E-state index is 10.4. The fourth-order valence-electron chi connectivity index (χ4n) is 0.296. The van der Waals surface area contributed by atoms with Crippen LogP contribution in [0.4, 0.5) is 0 Å². The molecule has 0 heterocycles. The molecule has 0 bridgehead atoms. The Hall–Kier alpha value is 0.0300. The standard InChI is InChI=1S/C3H9O6P/c1-3(5)9-10(6,7)8-2-4/h3-5H,2H2,1H3,(H,6,7). The highest BCUT2D eigenvalue weighted by molar-refractivity contribution is 7.47. The Morgan fingerprint density at radius 1 is 1.70 bits per heavy atom. The van der Waals surface area contributed by atoms with Crippen LogP contribution in [-0.2, 0) is 13.6 Å². The van der Waals surface area contributed by atoms with E-state index in [9.17, 15) is 4.57 Å². The van der Waals surface area contributed by atoms with Gasteiger partial charge in [0, 0.05) is 0 Å². The van der Waals surface area contributed by atoms with Crippen LogP contribution >= 0.6 is 7.82 Å². The largest absolute Gasteiger partial charge is 0.476 e. The molecule has 10 heavy (non-hydrogen) atoms. The van der Waals surface area contributed by atoms with Crippen LogP contribution < -0.4 is 0 Å². The van der Waals surface area contributed by atoms with Gasteiger partial charge in [0.2, 0.25) is 0 Å². The van der Waals surface area contributed by atoms with Crippen molar-refractivity contribution in [2.24, 2.45) is 0 Å². The lowest BCUT2D eigenvalue weighted by Gasteiger charge is -2.11. The van der Waals surface area contributed by atoms with Crippen molar-refractivity contribution >= 4 is 7.82 Å². The van der Waals surface area contributed by atoms with Crippen molar-refractivity contribution in [3.63, 3.8) is 0 Å². The summed E-state index contributed by atoms with van der Waals surface area (Å²) in [5, 5.41) is 16.4. The van der Waals surface area contributed by atoms with Crippen LogP contribution in [0.25, 0.3) is 0 Å². The number of rotatable bonds is 4. The highest BCUT2D eigenvalue weighted by Crippen LogP contribution is 2.43. The van der Waals surface area contributed by atoms with E-state index in [2.05, 4.69) is 9.05 Å². The Morgan fingerprint density at radius 3 is 2.50 bits per heavy atom. The first-order chi connectivity index (χ1) is 4.48. The van der Waals surface area contributed by atoms with E-state index >= 15 is 0 Å². The van der Waals surface area contributed by atoms with Crippen LogP contribution in [0.5, 0.6) is 0 Å². The molecule has 7 heteroatoms. The average Bonchev–Trinajstić information content (AvgIpc) is 1.59. The Labute approximate surface area is 57.6 Å². The molecule has 2 unspecified atom stereocenters. The lowest BCUT2D eigenvalue weighted by atomic mass is 10.8. The molecule has 6 nitrogen and oxygen atoms in total. The molecule has 0 amide bonds. The van der Waals surface area contributed by atoms with Gasteiger partial charge in [0.1, 0.15) is 0 Å². The third-order valence-electron chi connectivity index (χ3n) is 0.507. The minimum absolute atomic E-state index is 0.930. The zero-order chi connectivity index (χ0) is 8.20. The topological polar surface area (TPSA) is 96.2 Å². The summed E-state index contributed by atoms with van der Waals surface area (Å²) in [5.74, 6) is 0. The van der Waals surface area contributed by atoms with E-state index in [-0.39, 0.29) is 0 Å². The van der Waals surface area contributed by atoms with Gasteiger partial charge in [-0.3, -0.25) is 9.05 Å². The molecule has 0 rings (SSSR count). The first-order valence-corrected chi connectivity index (χ1v) is 3.92. The fraction of sp³-hybridized carbons (Fsp3) is 1.00. The van der Waals surface area contributed by atoms with Gasteiger partial charge in [-0.15, -0.1) is 0 Å². The van der Waals surface area contributed by atoms with E-state index in [0.717, 1.165) is 6.92 Å². The van der Waals surface area contributed by atoms with Gasteiger partial charge < -0.3 is 15.1 Å². The summed E-state index contributed by atoms with van der Waals surface area (Å²) in [6.45, 7) is 0.212. The van der Waals surface area contributed by atoms with Crippen LogP contribution in [-0.4, -0.2) is 28.2 Å². The Morgan fingerprint density at radius 2 is 2.20 bits per heavy atom. The maximum Gasteiger partial charge on any atom is 0.476 e. The first kappa shape index (κ1) is 10.0. The van der Waals surface area contributed by atoms with E-state index in [1.807, 2.05) is 0 Å². The quantitative estimate of drug-likeness (QED) is 0.387. The Kier molecular flexibility index (Phi) is 4.04. The zero-order valence-corrected chi connectivity index (χ0v) is 6.19. The molecule has 0 spiro atoms. The summed E-state index contributed by atoms with van der Waals surface area (Å²) in [6.07, 6.45) is -1.40. The summed E-state index contributed by atoms with van der Waals surface area (Å²) in [6, 6.07) is 0. The van der Waals surface area contributed by atoms with E-state index in [4.69, 9.17) is 15.1 Å². The Bertz CT molecular complexity index is 133. The van der Waals surface area contributed by atoms with Gasteiger partial charge in [-0.1, -0.05) is 0 Å². The predicted molar refractivity (Wildman–Crippen MR) is 30.8 cm³/mol. The molecule has 0 aromatic carbocycles. The molecule has 0 aliphatic carbocycles. The molecule has 0 aromatic heterocycles. The highest BCUT2D eigenvalue weighted by Gasteiger charge is 2.22. The number of phosphoric acid groups is 1. The van der Waals surface area contributed by atoms with Gasteiger partial charge in [0.15, 0.2) is 13.1 Å². The summed E-state index contributed by atoms with van der Waals surface area (Å²) in [7, 11) is -4.25. The third kappa shape index (κ3) is 4.87. The smallest absolute Gasteiger partial charge is 0.370 e. The monoisotopic (exact) mass is 172 g/mol. The molecule has 0 saturated heterocycles. The normalized spacial score (nSPS) is 20.0. The SMILES string of the molecule is CC(O)OP(=O)(O)OCO. The second kappa shape index (κ2) is 4.02. The minimum Gasteiger partial charge on any atom is -0.370 e. The van der Waals surface area contributed by atoms with E-state index < -0.39 is 20.9 Å². The lowest BCUT2D eigenvalue weighted by molar-refractivity contribution is -0.0406. The fourth-order valence-corrected chi connectivity index (χ4v) is 0.889. The second-order valence-corrected chi connectivity index (χ2v) is 2.84. The summed E-state index contributed by atoms with van der Waals surface area (Å²) in [5.41, 5.74) is 0. The first-order valence-electron chi connectivity index (χ1n) is 2.42. The van der Waals surface area contributed by atoms with Gasteiger partial charge in [-0.2, -0.15) is 0 Å². The Balaban J connectivity index is 3.75. The zero-order valence-electron chi connectivity index (χ0n) is 5.30. The molecular weight excluding hydrogens is 163 g/mol. The van der Waals surface area contributed by atoms with Crippen molar-refractivity contribution in [2.75, 3.05) is 6.79 Å². The minimum atomic E-state index is -4.25. The van der Waals surface area contributed by atoms with Crippen molar-refractivity contribution in [2.45, 2.75) is 13.2 Å². The molecule has 0 radical (unpaired) electrons. The summed E-state index contributed by atoms with van der Waals surface area (Å²) in [4.78, 5) is 8.48. The number of hydrogen-bond acceptors (Lipinski definition) is 5. The van der Waals surface area contributed by atoms with Crippen LogP contribution in [0, 0.1) is 0 Å². The number of aliphatic hydroxyl groups is 2. The number of aliphatic hydroxyl groups excluding tert-OH is 2. The molecular formula is C3H9O6P. The van der Waals surface area contributed by atoms with Gasteiger partial charge in [-0.25, -0.2) is 4.57 Å². The molecule has 0 aromatic rings. The number of phosphoric ester groups is 1.